The van der Waals surface area contributed by atoms with E-state index in [-0.39, 0.29) is 18.2 Å². The van der Waals surface area contributed by atoms with Crippen LogP contribution in [-0.2, 0) is 21.8 Å². The van der Waals surface area contributed by atoms with Crippen LogP contribution in [0, 0.1) is 12.7 Å². The molecule has 3 aromatic rings. The molecule has 10 heteroatoms. The van der Waals surface area contributed by atoms with Crippen LogP contribution in [0.15, 0.2) is 29.3 Å². The van der Waals surface area contributed by atoms with E-state index in [2.05, 4.69) is 21.8 Å². The van der Waals surface area contributed by atoms with Gasteiger partial charge in [0.2, 0.25) is 0 Å². The molecule has 1 aliphatic carbocycles. The number of hydrogen-bond donors (Lipinski definition) is 0. The van der Waals surface area contributed by atoms with Crippen molar-refractivity contribution in [1.82, 2.24) is 19.9 Å². The molecule has 0 atom stereocenters. The fourth-order valence-electron chi connectivity index (χ4n) is 3.58. The van der Waals surface area contributed by atoms with Crippen molar-refractivity contribution in [3.05, 3.63) is 58.3 Å². The molecule has 1 aliphatic rings. The highest BCUT2D eigenvalue weighted by atomic mass is 35.5. The monoisotopic (exact) mass is 450 g/mol. The van der Waals surface area contributed by atoms with Crippen LogP contribution in [0.25, 0.3) is 17.7 Å². The summed E-state index contributed by atoms with van der Waals surface area (Å²) < 4.78 is 43.6. The molecule has 0 radical (unpaired) electrons. The van der Waals surface area contributed by atoms with Gasteiger partial charge in [0.1, 0.15) is 15.7 Å². The third kappa shape index (κ3) is 3.67. The predicted molar refractivity (Wildman–Crippen MR) is 111 cm³/mol. The first kappa shape index (κ1) is 20.7. The van der Waals surface area contributed by atoms with E-state index in [0.29, 0.717) is 22.2 Å². The quantitative estimate of drug-likeness (QED) is 0.543. The molecule has 2 heterocycles. The number of halogens is 2. The average Bonchev–Trinajstić information content (AvgIpc) is 3.18. The van der Waals surface area contributed by atoms with Gasteiger partial charge >= 0.3 is 0 Å². The third-order valence-electron chi connectivity index (χ3n) is 5.36. The van der Waals surface area contributed by atoms with Crippen LogP contribution in [-0.4, -0.2) is 40.3 Å². The largest absolute Gasteiger partial charge is 0.332 e. The molecular weight excluding hydrogens is 431 g/mol. The van der Waals surface area contributed by atoms with E-state index >= 15 is 0 Å². The molecule has 7 nitrogen and oxygen atoms in total. The molecule has 0 N–H and O–H groups in total. The topological polar surface area (TPSA) is 90.9 Å². The van der Waals surface area contributed by atoms with Crippen LogP contribution in [0.4, 0.5) is 4.39 Å². The van der Waals surface area contributed by atoms with Gasteiger partial charge in [-0.2, -0.15) is 10.1 Å². The van der Waals surface area contributed by atoms with Crippen molar-refractivity contribution >= 4 is 27.5 Å². The van der Waals surface area contributed by atoms with E-state index in [0.717, 1.165) is 24.0 Å². The summed E-state index contributed by atoms with van der Waals surface area (Å²) in [4.78, 5) is 4.55. The molecule has 0 unspecified atom stereocenters. The summed E-state index contributed by atoms with van der Waals surface area (Å²) in [5, 5.41) is 8.96. The molecule has 2 aromatic heterocycles. The molecule has 1 saturated carbocycles. The predicted octanol–water partition coefficient (Wildman–Crippen LogP) is 3.80. The lowest BCUT2D eigenvalue weighted by Crippen LogP contribution is -2.13. The fraction of sp³-hybridized carbons (Fsp3) is 0.350. The molecule has 0 bridgehead atoms. The molecule has 4 rings (SSSR count). The Morgan fingerprint density at radius 2 is 2.13 bits per heavy atom. The van der Waals surface area contributed by atoms with Crippen molar-refractivity contribution in [3.63, 3.8) is 0 Å². The summed E-state index contributed by atoms with van der Waals surface area (Å²) in [6.45, 7) is 5.82. The molecule has 158 valence electrons. The van der Waals surface area contributed by atoms with E-state index in [1.165, 1.54) is 18.4 Å². The average molecular weight is 451 g/mol. The van der Waals surface area contributed by atoms with Crippen molar-refractivity contribution in [2.45, 2.75) is 31.7 Å². The number of nitrogens with zero attached hydrogens (tertiary/aromatic N) is 4. The minimum atomic E-state index is -3.15. The lowest BCUT2D eigenvalue weighted by Gasteiger charge is -2.12. The van der Waals surface area contributed by atoms with Crippen LogP contribution >= 0.6 is 11.6 Å². The number of aromatic nitrogens is 4. The number of sulfone groups is 1. The third-order valence-corrected chi connectivity index (χ3v) is 6.60. The van der Waals surface area contributed by atoms with Gasteiger partial charge in [-0.1, -0.05) is 29.4 Å². The van der Waals surface area contributed by atoms with Gasteiger partial charge in [-0.3, -0.25) is 4.68 Å². The Morgan fingerprint density at radius 3 is 2.73 bits per heavy atom. The first-order valence-corrected chi connectivity index (χ1v) is 11.8. The summed E-state index contributed by atoms with van der Waals surface area (Å²) in [6.07, 6.45) is 4.35. The molecule has 0 saturated heterocycles. The zero-order chi connectivity index (χ0) is 21.7. The molecule has 0 amide bonds. The standard InChI is InChI=1S/C20H20ClFN4O3S/c1-4-16-12(2)17(24-26(16)9-10-30(3,27)28)18-23-19(25-29-18)20(7-8-20)14-6-5-13(22)11-15(14)21/h4-6,11H,1,7-10H2,2-3H3. The van der Waals surface area contributed by atoms with Gasteiger partial charge in [0.05, 0.1) is 23.4 Å². The first-order valence-electron chi connectivity index (χ1n) is 9.32. The Kier molecular flexibility index (Phi) is 5.06. The van der Waals surface area contributed by atoms with Crippen molar-refractivity contribution in [1.29, 1.82) is 0 Å². The lowest BCUT2D eigenvalue weighted by atomic mass is 9.95. The van der Waals surface area contributed by atoms with Gasteiger partial charge in [-0.25, -0.2) is 12.8 Å². The van der Waals surface area contributed by atoms with Crippen LogP contribution in [0.2, 0.25) is 5.02 Å². The van der Waals surface area contributed by atoms with E-state index in [1.807, 2.05) is 6.92 Å². The van der Waals surface area contributed by atoms with Crippen molar-refractivity contribution in [2.24, 2.45) is 0 Å². The Balaban J connectivity index is 1.69. The highest BCUT2D eigenvalue weighted by Crippen LogP contribution is 2.54. The van der Waals surface area contributed by atoms with Gasteiger partial charge in [-0.05, 0) is 43.5 Å². The zero-order valence-electron chi connectivity index (χ0n) is 16.5. The van der Waals surface area contributed by atoms with Gasteiger partial charge in [0.25, 0.3) is 5.89 Å². The molecule has 30 heavy (non-hydrogen) atoms. The van der Waals surface area contributed by atoms with E-state index in [1.54, 1.807) is 16.8 Å². The molecule has 0 spiro atoms. The lowest BCUT2D eigenvalue weighted by molar-refractivity contribution is 0.416. The van der Waals surface area contributed by atoms with Gasteiger partial charge in [0, 0.05) is 16.8 Å². The van der Waals surface area contributed by atoms with Crippen molar-refractivity contribution < 1.29 is 17.3 Å². The molecule has 0 aliphatic heterocycles. The Hall–Kier alpha value is -2.52. The highest BCUT2D eigenvalue weighted by molar-refractivity contribution is 7.90. The second-order valence-electron chi connectivity index (χ2n) is 7.55. The van der Waals surface area contributed by atoms with Crippen molar-refractivity contribution in [3.8, 4) is 11.6 Å². The van der Waals surface area contributed by atoms with E-state index < -0.39 is 21.1 Å². The Labute approximate surface area is 178 Å². The summed E-state index contributed by atoms with van der Waals surface area (Å²) in [6, 6.07) is 4.30. The minimum absolute atomic E-state index is 0.0460. The number of rotatable bonds is 7. The van der Waals surface area contributed by atoms with Crippen LogP contribution in [0.5, 0.6) is 0 Å². The second-order valence-corrected chi connectivity index (χ2v) is 10.2. The normalized spacial score (nSPS) is 15.3. The molecule has 1 fully saturated rings. The van der Waals surface area contributed by atoms with Crippen LogP contribution in [0.3, 0.4) is 0 Å². The summed E-state index contributed by atoms with van der Waals surface area (Å²) >= 11 is 6.27. The highest BCUT2D eigenvalue weighted by Gasteiger charge is 2.51. The number of aryl methyl sites for hydroxylation is 1. The summed E-state index contributed by atoms with van der Waals surface area (Å²) in [7, 11) is -3.15. The van der Waals surface area contributed by atoms with Crippen LogP contribution < -0.4 is 0 Å². The Bertz CT molecular complexity index is 1240. The second kappa shape index (κ2) is 7.31. The summed E-state index contributed by atoms with van der Waals surface area (Å²) in [5.74, 6) is 0.250. The molecular formula is C20H20ClFN4O3S. The van der Waals surface area contributed by atoms with Gasteiger partial charge in [-0.15, -0.1) is 0 Å². The summed E-state index contributed by atoms with van der Waals surface area (Å²) in [5.41, 5.74) is 2.19. The fourth-order valence-corrected chi connectivity index (χ4v) is 4.43. The Morgan fingerprint density at radius 1 is 1.40 bits per heavy atom. The van der Waals surface area contributed by atoms with Crippen molar-refractivity contribution in [2.75, 3.05) is 12.0 Å². The zero-order valence-corrected chi connectivity index (χ0v) is 18.1. The smallest absolute Gasteiger partial charge is 0.278 e. The van der Waals surface area contributed by atoms with Crippen LogP contribution in [0.1, 0.15) is 35.5 Å². The minimum Gasteiger partial charge on any atom is -0.332 e. The van der Waals surface area contributed by atoms with Gasteiger partial charge < -0.3 is 4.52 Å². The maximum absolute atomic E-state index is 13.4. The van der Waals surface area contributed by atoms with E-state index in [9.17, 15) is 12.8 Å². The van der Waals surface area contributed by atoms with E-state index in [4.69, 9.17) is 16.1 Å². The first-order chi connectivity index (χ1) is 14.1. The number of hydrogen-bond acceptors (Lipinski definition) is 6. The maximum Gasteiger partial charge on any atom is 0.278 e. The SMILES string of the molecule is C=Cc1c(C)c(-c2nc(C3(c4ccc(F)cc4Cl)CC3)no2)nn1CCS(C)(=O)=O. The number of benzene rings is 1. The maximum atomic E-state index is 13.4. The van der Waals surface area contributed by atoms with Gasteiger partial charge in [0.15, 0.2) is 11.5 Å². The molecule has 1 aromatic carbocycles.